The van der Waals surface area contributed by atoms with Crippen LogP contribution in [-0.2, 0) is 19.1 Å². The third-order valence-electron chi connectivity index (χ3n) is 5.58. The van der Waals surface area contributed by atoms with Crippen molar-refractivity contribution in [3.05, 3.63) is 59.7 Å². The van der Waals surface area contributed by atoms with E-state index in [1.165, 1.54) is 14.0 Å². The molecule has 1 aliphatic carbocycles. The van der Waals surface area contributed by atoms with Crippen LogP contribution in [0, 0.1) is 12.3 Å². The Morgan fingerprint density at radius 1 is 1.12 bits per heavy atom. The molecule has 0 heterocycles. The van der Waals surface area contributed by atoms with Crippen LogP contribution in [0.4, 0.5) is 4.79 Å². The molecule has 2 aromatic carbocycles. The fourth-order valence-electron chi connectivity index (χ4n) is 3.91. The number of carbonyl (C=O) groups excluding carboxylic acids is 2. The van der Waals surface area contributed by atoms with Gasteiger partial charge in [0.1, 0.15) is 12.6 Å². The third kappa shape index (κ3) is 5.16. The lowest BCUT2D eigenvalue weighted by Crippen LogP contribution is -2.60. The molecular formula is C25H26N2O6. The minimum Gasteiger partial charge on any atom is -0.479 e. The molecule has 2 atom stereocenters. The number of nitrogens with one attached hydrogen (secondary N) is 2. The highest BCUT2D eigenvalue weighted by Gasteiger charge is 2.37. The third-order valence-corrected chi connectivity index (χ3v) is 5.58. The molecule has 3 N–H and O–H groups in total. The highest BCUT2D eigenvalue weighted by atomic mass is 16.5. The van der Waals surface area contributed by atoms with Gasteiger partial charge < -0.3 is 25.2 Å². The second-order valence-corrected chi connectivity index (χ2v) is 7.99. The second-order valence-electron chi connectivity index (χ2n) is 7.99. The van der Waals surface area contributed by atoms with Crippen molar-refractivity contribution in [1.29, 1.82) is 0 Å². The Morgan fingerprint density at radius 3 is 2.21 bits per heavy atom. The van der Waals surface area contributed by atoms with E-state index in [2.05, 4.69) is 16.6 Å². The highest BCUT2D eigenvalue weighted by Crippen LogP contribution is 2.44. The molecule has 0 saturated heterocycles. The quantitative estimate of drug-likeness (QED) is 0.506. The molecule has 33 heavy (non-hydrogen) atoms. The fourth-order valence-corrected chi connectivity index (χ4v) is 3.91. The number of aliphatic carboxylic acids is 1. The monoisotopic (exact) mass is 450 g/mol. The van der Waals surface area contributed by atoms with Gasteiger partial charge in [0.25, 0.3) is 0 Å². The van der Waals surface area contributed by atoms with Crippen LogP contribution in [0.15, 0.2) is 48.5 Å². The largest absolute Gasteiger partial charge is 0.479 e. The van der Waals surface area contributed by atoms with Gasteiger partial charge in [-0.1, -0.05) is 48.5 Å². The van der Waals surface area contributed by atoms with E-state index < -0.39 is 29.6 Å². The first-order valence-electron chi connectivity index (χ1n) is 10.4. The molecule has 0 saturated carbocycles. The van der Waals surface area contributed by atoms with Gasteiger partial charge in [0.05, 0.1) is 6.61 Å². The van der Waals surface area contributed by atoms with E-state index in [4.69, 9.17) is 15.9 Å². The number of rotatable bonds is 9. The van der Waals surface area contributed by atoms with Crippen molar-refractivity contribution in [3.63, 3.8) is 0 Å². The summed E-state index contributed by atoms with van der Waals surface area (Å²) in [5, 5.41) is 14.2. The number of benzene rings is 2. The SMILES string of the molecule is C#CCC(NC(=O)OCC1c2ccccc2-c2ccccc21)C(=O)NC(C)(COC)C(=O)O. The van der Waals surface area contributed by atoms with E-state index in [-0.39, 0.29) is 25.6 Å². The minimum absolute atomic E-state index is 0.0702. The van der Waals surface area contributed by atoms with Gasteiger partial charge in [0, 0.05) is 19.4 Å². The summed E-state index contributed by atoms with van der Waals surface area (Å²) in [5.74, 6) is 0.149. The van der Waals surface area contributed by atoms with Gasteiger partial charge in [-0.05, 0) is 29.2 Å². The number of fused-ring (bicyclic) bond motifs is 3. The van der Waals surface area contributed by atoms with Gasteiger partial charge in [-0.15, -0.1) is 12.3 Å². The molecular weight excluding hydrogens is 424 g/mol. The fraction of sp³-hybridized carbons (Fsp3) is 0.320. The van der Waals surface area contributed by atoms with Gasteiger partial charge in [-0.3, -0.25) is 4.79 Å². The Hall–Kier alpha value is -3.83. The minimum atomic E-state index is -1.68. The molecule has 0 aromatic heterocycles. The summed E-state index contributed by atoms with van der Waals surface area (Å²) in [7, 11) is 1.32. The number of carboxylic acids is 1. The van der Waals surface area contributed by atoms with Crippen LogP contribution in [0.25, 0.3) is 11.1 Å². The topological polar surface area (TPSA) is 114 Å². The number of terminal acetylenes is 1. The van der Waals surface area contributed by atoms with Crippen LogP contribution in [0.1, 0.15) is 30.4 Å². The van der Waals surface area contributed by atoms with Crippen LogP contribution < -0.4 is 10.6 Å². The number of amides is 2. The van der Waals surface area contributed by atoms with Crippen molar-refractivity contribution in [3.8, 4) is 23.5 Å². The van der Waals surface area contributed by atoms with Gasteiger partial charge in [-0.25, -0.2) is 9.59 Å². The summed E-state index contributed by atoms with van der Waals surface area (Å²) in [6.07, 6.45) is 4.38. The van der Waals surface area contributed by atoms with Crippen molar-refractivity contribution in [2.24, 2.45) is 0 Å². The van der Waals surface area contributed by atoms with Crippen LogP contribution in [0.5, 0.6) is 0 Å². The molecule has 172 valence electrons. The normalized spacial score (nSPS) is 14.7. The first kappa shape index (κ1) is 23.8. The van der Waals surface area contributed by atoms with E-state index in [1.807, 2.05) is 48.5 Å². The summed E-state index contributed by atoms with van der Waals surface area (Å²) in [4.78, 5) is 36.7. The van der Waals surface area contributed by atoms with E-state index in [0.29, 0.717) is 0 Å². The van der Waals surface area contributed by atoms with Crippen molar-refractivity contribution >= 4 is 18.0 Å². The summed E-state index contributed by atoms with van der Waals surface area (Å²) in [5.41, 5.74) is 2.62. The predicted molar refractivity (Wildman–Crippen MR) is 122 cm³/mol. The van der Waals surface area contributed by atoms with Gasteiger partial charge in [0.15, 0.2) is 5.54 Å². The van der Waals surface area contributed by atoms with Crippen LogP contribution in [0.2, 0.25) is 0 Å². The van der Waals surface area contributed by atoms with E-state index >= 15 is 0 Å². The number of hydrogen-bond acceptors (Lipinski definition) is 5. The lowest BCUT2D eigenvalue weighted by molar-refractivity contribution is -0.149. The molecule has 1 aliphatic rings. The average Bonchev–Trinajstić information content (AvgIpc) is 3.11. The van der Waals surface area contributed by atoms with Crippen molar-refractivity contribution < 1.29 is 29.0 Å². The number of hydrogen-bond donors (Lipinski definition) is 3. The van der Waals surface area contributed by atoms with Crippen molar-refractivity contribution in [1.82, 2.24) is 10.6 Å². The first-order chi connectivity index (χ1) is 15.8. The Balaban J connectivity index is 1.67. The Labute approximate surface area is 192 Å². The van der Waals surface area contributed by atoms with Crippen LogP contribution in [-0.4, -0.2) is 55.0 Å². The van der Waals surface area contributed by atoms with Crippen molar-refractivity contribution in [2.75, 3.05) is 20.3 Å². The predicted octanol–water partition coefficient (Wildman–Crippen LogP) is 2.52. The molecule has 0 radical (unpaired) electrons. The summed E-state index contributed by atoms with van der Waals surface area (Å²) in [6.45, 7) is 1.11. The van der Waals surface area contributed by atoms with Gasteiger partial charge in [-0.2, -0.15) is 0 Å². The molecule has 8 nitrogen and oxygen atoms in total. The van der Waals surface area contributed by atoms with Crippen LogP contribution in [0.3, 0.4) is 0 Å². The highest BCUT2D eigenvalue weighted by molar-refractivity contribution is 5.91. The first-order valence-corrected chi connectivity index (χ1v) is 10.4. The number of carbonyl (C=O) groups is 3. The molecule has 2 unspecified atom stereocenters. The molecule has 3 rings (SSSR count). The molecule has 2 amide bonds. The zero-order chi connectivity index (χ0) is 24.0. The Morgan fingerprint density at radius 2 is 1.70 bits per heavy atom. The molecule has 2 aromatic rings. The van der Waals surface area contributed by atoms with E-state index in [0.717, 1.165) is 22.3 Å². The second kappa shape index (κ2) is 10.2. The van der Waals surface area contributed by atoms with E-state index in [1.54, 1.807) is 0 Å². The zero-order valence-electron chi connectivity index (χ0n) is 18.5. The lowest BCUT2D eigenvalue weighted by Gasteiger charge is -2.27. The molecule has 0 aliphatic heterocycles. The number of carboxylic acid groups (broad SMARTS) is 1. The standard InChI is InChI=1S/C25H26N2O6/c1-4-9-21(22(28)27-25(2,15-32-3)23(29)30)26-24(31)33-14-20-18-12-7-5-10-16(18)17-11-6-8-13-19(17)20/h1,5-8,10-13,20-21H,9,14-15H2,2-3H3,(H,26,31)(H,27,28)(H,29,30). The Bertz CT molecular complexity index is 1050. The van der Waals surface area contributed by atoms with Crippen molar-refractivity contribution in [2.45, 2.75) is 30.8 Å². The molecule has 8 heteroatoms. The molecule has 0 fully saturated rings. The summed E-state index contributed by atoms with van der Waals surface area (Å²) in [6, 6.07) is 14.7. The maximum absolute atomic E-state index is 12.7. The number of methoxy groups -OCH3 is 1. The maximum Gasteiger partial charge on any atom is 0.407 e. The van der Waals surface area contributed by atoms with Gasteiger partial charge in [0.2, 0.25) is 5.91 Å². The molecule has 0 bridgehead atoms. The average molecular weight is 450 g/mol. The van der Waals surface area contributed by atoms with Gasteiger partial charge >= 0.3 is 12.1 Å². The van der Waals surface area contributed by atoms with Crippen LogP contribution >= 0.6 is 0 Å². The number of alkyl carbamates (subject to hydrolysis) is 1. The number of ether oxygens (including phenoxy) is 2. The molecule has 0 spiro atoms. The Kier molecular flexibility index (Phi) is 7.36. The maximum atomic E-state index is 12.7. The zero-order valence-corrected chi connectivity index (χ0v) is 18.5. The lowest BCUT2D eigenvalue weighted by atomic mass is 9.98. The summed E-state index contributed by atoms with van der Waals surface area (Å²) >= 11 is 0. The smallest absolute Gasteiger partial charge is 0.407 e. The van der Waals surface area contributed by atoms with E-state index in [9.17, 15) is 19.5 Å². The summed E-state index contributed by atoms with van der Waals surface area (Å²) < 4.78 is 10.3.